The second kappa shape index (κ2) is 6.41. The van der Waals surface area contributed by atoms with Crippen LogP contribution in [-0.2, 0) is 21.2 Å². The van der Waals surface area contributed by atoms with E-state index in [4.69, 9.17) is 4.74 Å². The van der Waals surface area contributed by atoms with E-state index in [-0.39, 0.29) is 10.8 Å². The van der Waals surface area contributed by atoms with Crippen LogP contribution in [0, 0.1) is 6.92 Å². The van der Waals surface area contributed by atoms with Crippen LogP contribution in [0.5, 0.6) is 5.75 Å². The maximum atomic E-state index is 12.7. The van der Waals surface area contributed by atoms with E-state index in [0.29, 0.717) is 26.0 Å². The number of aryl methyl sites for hydroxylation is 1. The summed E-state index contributed by atoms with van der Waals surface area (Å²) in [6, 6.07) is 11.7. The standard InChI is InChI=1S/C19H20N2O4S/c1-13-2-4-15(5-3-13)21-10-8-17(19(21)22)20-26(23,24)16-6-7-18-14(12-16)9-11-25-18/h2-7,12,17,20H,8-11H2,1H3/t17-/m1/s1. The first-order valence-corrected chi connectivity index (χ1v) is 10.1. The Morgan fingerprint density at radius 3 is 2.69 bits per heavy atom. The molecule has 0 aliphatic carbocycles. The number of anilines is 1. The van der Waals surface area contributed by atoms with Gasteiger partial charge in [0.15, 0.2) is 0 Å². The van der Waals surface area contributed by atoms with Gasteiger partial charge in [-0.05, 0) is 49.2 Å². The van der Waals surface area contributed by atoms with Crippen molar-refractivity contribution >= 4 is 21.6 Å². The molecule has 7 heteroatoms. The molecule has 1 fully saturated rings. The number of benzene rings is 2. The van der Waals surface area contributed by atoms with Crippen molar-refractivity contribution in [1.82, 2.24) is 4.72 Å². The molecule has 0 aromatic heterocycles. The van der Waals surface area contributed by atoms with Crippen molar-refractivity contribution in [3.8, 4) is 5.75 Å². The van der Waals surface area contributed by atoms with Crippen LogP contribution in [-0.4, -0.2) is 33.5 Å². The molecule has 2 aliphatic heterocycles. The SMILES string of the molecule is Cc1ccc(N2CC[C@@H](NS(=O)(=O)c3ccc4c(c3)CCO4)C2=O)cc1. The lowest BCUT2D eigenvalue weighted by Crippen LogP contribution is -2.41. The van der Waals surface area contributed by atoms with Gasteiger partial charge in [-0.3, -0.25) is 4.79 Å². The number of nitrogens with zero attached hydrogens (tertiary/aromatic N) is 1. The highest BCUT2D eigenvalue weighted by molar-refractivity contribution is 7.89. The van der Waals surface area contributed by atoms with Gasteiger partial charge in [0.25, 0.3) is 0 Å². The quantitative estimate of drug-likeness (QED) is 0.891. The Hall–Kier alpha value is -2.38. The number of ether oxygens (including phenoxy) is 1. The summed E-state index contributed by atoms with van der Waals surface area (Å²) < 4.78 is 33.4. The fourth-order valence-electron chi connectivity index (χ4n) is 3.36. The molecule has 6 nitrogen and oxygen atoms in total. The summed E-state index contributed by atoms with van der Waals surface area (Å²) in [5.74, 6) is 0.508. The zero-order valence-corrected chi connectivity index (χ0v) is 15.3. The Bertz CT molecular complexity index is 954. The Morgan fingerprint density at radius 1 is 1.15 bits per heavy atom. The van der Waals surface area contributed by atoms with Crippen molar-refractivity contribution < 1.29 is 17.9 Å². The van der Waals surface area contributed by atoms with Gasteiger partial charge in [-0.15, -0.1) is 0 Å². The zero-order valence-electron chi connectivity index (χ0n) is 14.4. The molecule has 0 saturated carbocycles. The van der Waals surface area contributed by atoms with E-state index in [2.05, 4.69) is 4.72 Å². The fraction of sp³-hybridized carbons (Fsp3) is 0.316. The first kappa shape index (κ1) is 17.1. The third-order valence-corrected chi connectivity index (χ3v) is 6.29. The monoisotopic (exact) mass is 372 g/mol. The number of rotatable bonds is 4. The molecule has 26 heavy (non-hydrogen) atoms. The van der Waals surface area contributed by atoms with Crippen LogP contribution in [0.1, 0.15) is 17.5 Å². The number of sulfonamides is 1. The van der Waals surface area contributed by atoms with Gasteiger partial charge in [0, 0.05) is 18.7 Å². The first-order chi connectivity index (χ1) is 12.4. The summed E-state index contributed by atoms with van der Waals surface area (Å²) in [6.07, 6.45) is 1.14. The molecule has 2 aromatic carbocycles. The normalized spacial score (nSPS) is 19.5. The minimum absolute atomic E-state index is 0.170. The van der Waals surface area contributed by atoms with Crippen LogP contribution in [0.25, 0.3) is 0 Å². The molecular weight excluding hydrogens is 352 g/mol. The van der Waals surface area contributed by atoms with E-state index in [9.17, 15) is 13.2 Å². The van der Waals surface area contributed by atoms with Gasteiger partial charge in [0.05, 0.1) is 11.5 Å². The lowest BCUT2D eigenvalue weighted by atomic mass is 10.2. The smallest absolute Gasteiger partial charge is 0.245 e. The number of amides is 1. The van der Waals surface area contributed by atoms with E-state index in [1.165, 1.54) is 6.07 Å². The predicted octanol–water partition coefficient (Wildman–Crippen LogP) is 2.01. The molecule has 0 bridgehead atoms. The van der Waals surface area contributed by atoms with Crippen molar-refractivity contribution in [2.45, 2.75) is 30.7 Å². The molecule has 0 spiro atoms. The summed E-state index contributed by atoms with van der Waals surface area (Å²) in [5.41, 5.74) is 2.78. The molecule has 2 aliphatic rings. The third-order valence-electron chi connectivity index (χ3n) is 4.82. The number of carbonyl (C=O) groups excluding carboxylic acids is 1. The Kier molecular flexibility index (Phi) is 4.20. The number of carbonyl (C=O) groups is 1. The predicted molar refractivity (Wildman–Crippen MR) is 97.9 cm³/mol. The molecule has 2 aromatic rings. The highest BCUT2D eigenvalue weighted by Crippen LogP contribution is 2.28. The molecule has 2 heterocycles. The van der Waals surface area contributed by atoms with Crippen LogP contribution < -0.4 is 14.4 Å². The topological polar surface area (TPSA) is 75.7 Å². The lowest BCUT2D eigenvalue weighted by Gasteiger charge is -2.17. The maximum Gasteiger partial charge on any atom is 0.245 e. The highest BCUT2D eigenvalue weighted by atomic mass is 32.2. The molecule has 136 valence electrons. The fourth-order valence-corrected chi connectivity index (χ4v) is 4.63. The Balaban J connectivity index is 1.52. The molecule has 1 atom stereocenters. The summed E-state index contributed by atoms with van der Waals surface area (Å²) in [7, 11) is -3.76. The first-order valence-electron chi connectivity index (χ1n) is 8.60. The van der Waals surface area contributed by atoms with Gasteiger partial charge >= 0.3 is 0 Å². The Labute approximate surface area is 152 Å². The maximum absolute atomic E-state index is 12.7. The lowest BCUT2D eigenvalue weighted by molar-refractivity contribution is -0.118. The van der Waals surface area contributed by atoms with Crippen LogP contribution in [0.15, 0.2) is 47.4 Å². The van der Waals surface area contributed by atoms with E-state index < -0.39 is 16.1 Å². The van der Waals surface area contributed by atoms with E-state index in [1.807, 2.05) is 31.2 Å². The minimum atomic E-state index is -3.76. The highest BCUT2D eigenvalue weighted by Gasteiger charge is 2.35. The number of hydrogen-bond donors (Lipinski definition) is 1. The zero-order chi connectivity index (χ0) is 18.3. The Morgan fingerprint density at radius 2 is 1.92 bits per heavy atom. The molecule has 4 rings (SSSR count). The molecule has 1 amide bonds. The summed E-state index contributed by atoms with van der Waals surface area (Å²) in [5, 5.41) is 0. The van der Waals surface area contributed by atoms with Crippen molar-refractivity contribution in [3.05, 3.63) is 53.6 Å². The number of hydrogen-bond acceptors (Lipinski definition) is 4. The summed E-state index contributed by atoms with van der Waals surface area (Å²) >= 11 is 0. The van der Waals surface area contributed by atoms with Crippen LogP contribution in [0.3, 0.4) is 0 Å². The van der Waals surface area contributed by atoms with Crippen molar-refractivity contribution in [2.24, 2.45) is 0 Å². The minimum Gasteiger partial charge on any atom is -0.493 e. The second-order valence-electron chi connectivity index (χ2n) is 6.66. The largest absolute Gasteiger partial charge is 0.493 e. The van der Waals surface area contributed by atoms with Crippen molar-refractivity contribution in [3.63, 3.8) is 0 Å². The number of nitrogens with one attached hydrogen (secondary N) is 1. The van der Waals surface area contributed by atoms with Gasteiger partial charge in [-0.1, -0.05) is 17.7 Å². The van der Waals surface area contributed by atoms with Crippen molar-refractivity contribution in [2.75, 3.05) is 18.1 Å². The van der Waals surface area contributed by atoms with Crippen LogP contribution in [0.4, 0.5) is 5.69 Å². The second-order valence-corrected chi connectivity index (χ2v) is 8.37. The van der Waals surface area contributed by atoms with E-state index >= 15 is 0 Å². The molecule has 1 saturated heterocycles. The molecular formula is C19H20N2O4S. The van der Waals surface area contributed by atoms with E-state index in [1.54, 1.807) is 17.0 Å². The third kappa shape index (κ3) is 3.08. The van der Waals surface area contributed by atoms with E-state index in [0.717, 1.165) is 22.6 Å². The van der Waals surface area contributed by atoms with Gasteiger partial charge < -0.3 is 9.64 Å². The average Bonchev–Trinajstić information content (AvgIpc) is 3.22. The molecule has 1 N–H and O–H groups in total. The van der Waals surface area contributed by atoms with Gasteiger partial charge in [-0.25, -0.2) is 8.42 Å². The molecule has 0 radical (unpaired) electrons. The number of fused-ring (bicyclic) bond motifs is 1. The van der Waals surface area contributed by atoms with Crippen LogP contribution >= 0.6 is 0 Å². The van der Waals surface area contributed by atoms with Gasteiger partial charge in [-0.2, -0.15) is 4.72 Å². The summed E-state index contributed by atoms with van der Waals surface area (Å²) in [4.78, 5) is 14.5. The van der Waals surface area contributed by atoms with Crippen molar-refractivity contribution in [1.29, 1.82) is 0 Å². The summed E-state index contributed by atoms with van der Waals surface area (Å²) in [6.45, 7) is 3.04. The van der Waals surface area contributed by atoms with Crippen LogP contribution in [0.2, 0.25) is 0 Å². The average molecular weight is 372 g/mol. The van der Waals surface area contributed by atoms with Gasteiger partial charge in [0.1, 0.15) is 11.8 Å². The molecule has 0 unspecified atom stereocenters. The van der Waals surface area contributed by atoms with Gasteiger partial charge in [0.2, 0.25) is 15.9 Å².